The average Bonchev–Trinajstić information content (AvgIpc) is 3.65. The fourth-order valence-corrected chi connectivity index (χ4v) is 3.99. The van der Waals surface area contributed by atoms with Gasteiger partial charge in [0.2, 0.25) is 0 Å². The van der Waals surface area contributed by atoms with E-state index in [-0.39, 0.29) is 0 Å². The third kappa shape index (κ3) is 4.81. The number of nitrogens with zero attached hydrogens (tertiary/aromatic N) is 2. The van der Waals surface area contributed by atoms with Gasteiger partial charge in [-0.2, -0.15) is 5.26 Å². The van der Waals surface area contributed by atoms with Crippen LogP contribution in [-0.2, 0) is 0 Å². The number of nitrogens with one attached hydrogen (secondary N) is 1. The maximum atomic E-state index is 10.1. The van der Waals surface area contributed by atoms with Crippen molar-refractivity contribution in [3.63, 3.8) is 0 Å². The highest BCUT2D eigenvalue weighted by Gasteiger charge is 2.14. The van der Waals surface area contributed by atoms with E-state index in [1.807, 2.05) is 115 Å². The Morgan fingerprint density at radius 3 is 2.03 bits per heavy atom. The number of aliphatic imine (C=N–C) groups is 1. The molecule has 3 aromatic carbocycles. The molecule has 0 amide bonds. The van der Waals surface area contributed by atoms with Gasteiger partial charge in [-0.15, -0.1) is 0 Å². The molecule has 3 heteroatoms. The molecule has 164 valence electrons. The fraction of sp³-hybridized carbons (Fsp3) is 0. The maximum absolute atomic E-state index is 10.1. The monoisotopic (exact) mass is 447 g/mol. The molecule has 1 aliphatic rings. The number of hydrogen-bond donors (Lipinski definition) is 1. The Morgan fingerprint density at radius 2 is 1.43 bits per heavy atom. The molecule has 1 N–H and O–H groups in total. The van der Waals surface area contributed by atoms with Gasteiger partial charge in [0.25, 0.3) is 0 Å². The van der Waals surface area contributed by atoms with E-state index >= 15 is 0 Å². The second-order valence-electron chi connectivity index (χ2n) is 7.90. The first-order chi connectivity index (χ1) is 17.3. The van der Waals surface area contributed by atoms with Crippen molar-refractivity contribution >= 4 is 22.9 Å². The SMILES string of the molecule is N#C/C(=C(/c1ccccc1)c1ccc(C#C/C(=C2/C=CC=N2)c2ccc[nH]2)cc1)c1ccccc1. The van der Waals surface area contributed by atoms with Gasteiger partial charge >= 0.3 is 0 Å². The van der Waals surface area contributed by atoms with Crippen LogP contribution in [0.2, 0.25) is 0 Å². The van der Waals surface area contributed by atoms with Gasteiger partial charge in [0.15, 0.2) is 0 Å². The molecule has 4 aromatic rings. The van der Waals surface area contributed by atoms with Gasteiger partial charge in [0.1, 0.15) is 6.07 Å². The van der Waals surface area contributed by atoms with Crippen molar-refractivity contribution < 1.29 is 0 Å². The summed E-state index contributed by atoms with van der Waals surface area (Å²) in [5.74, 6) is 6.56. The van der Waals surface area contributed by atoms with Gasteiger partial charge in [0.05, 0.1) is 22.5 Å². The van der Waals surface area contributed by atoms with Crippen molar-refractivity contribution in [2.24, 2.45) is 4.99 Å². The molecular weight excluding hydrogens is 426 g/mol. The number of aromatic nitrogens is 1. The minimum Gasteiger partial charge on any atom is -0.361 e. The van der Waals surface area contributed by atoms with E-state index in [2.05, 4.69) is 27.9 Å². The normalized spacial score (nSPS) is 14.0. The van der Waals surface area contributed by atoms with Gasteiger partial charge in [-0.25, -0.2) is 0 Å². The lowest BCUT2D eigenvalue weighted by atomic mass is 9.90. The van der Waals surface area contributed by atoms with Crippen molar-refractivity contribution in [2.45, 2.75) is 0 Å². The minimum absolute atomic E-state index is 0.639. The first kappa shape index (κ1) is 21.7. The summed E-state index contributed by atoms with van der Waals surface area (Å²) < 4.78 is 0. The summed E-state index contributed by atoms with van der Waals surface area (Å²) in [7, 11) is 0. The van der Waals surface area contributed by atoms with Crippen molar-refractivity contribution in [2.75, 3.05) is 0 Å². The summed E-state index contributed by atoms with van der Waals surface area (Å²) >= 11 is 0. The third-order valence-electron chi connectivity index (χ3n) is 5.67. The van der Waals surface area contributed by atoms with Crippen LogP contribution in [0.4, 0.5) is 0 Å². The molecule has 35 heavy (non-hydrogen) atoms. The zero-order valence-electron chi connectivity index (χ0n) is 18.9. The Balaban J connectivity index is 1.56. The molecule has 0 spiro atoms. The number of H-pyrrole nitrogens is 1. The van der Waals surface area contributed by atoms with Gasteiger partial charge in [-0.3, -0.25) is 4.99 Å². The quantitative estimate of drug-likeness (QED) is 0.206. The van der Waals surface area contributed by atoms with E-state index in [0.717, 1.165) is 44.8 Å². The molecule has 0 radical (unpaired) electrons. The molecule has 0 saturated carbocycles. The van der Waals surface area contributed by atoms with Gasteiger partial charge in [-0.1, -0.05) is 84.6 Å². The predicted molar refractivity (Wildman–Crippen MR) is 143 cm³/mol. The molecule has 0 aliphatic carbocycles. The van der Waals surface area contributed by atoms with Crippen LogP contribution < -0.4 is 0 Å². The molecule has 0 atom stereocenters. The highest BCUT2D eigenvalue weighted by molar-refractivity contribution is 6.03. The molecule has 0 unspecified atom stereocenters. The second kappa shape index (κ2) is 10.2. The highest BCUT2D eigenvalue weighted by atomic mass is 14.8. The van der Waals surface area contributed by atoms with Crippen LogP contribution in [0.1, 0.15) is 27.9 Å². The van der Waals surface area contributed by atoms with Crippen LogP contribution in [0.5, 0.6) is 0 Å². The number of hydrogen-bond acceptors (Lipinski definition) is 2. The molecule has 0 bridgehead atoms. The Morgan fingerprint density at radius 1 is 0.743 bits per heavy atom. The zero-order valence-corrected chi connectivity index (χ0v) is 18.9. The molecule has 5 rings (SSSR count). The standard InChI is InChI=1S/C32H21N3/c33-23-29(25-9-3-1-4-10-25)32(26-11-5-2-6-12-26)27-18-15-24(16-19-27)17-20-28(30-13-7-21-34-30)31-14-8-22-35-31/h1-16,18-19,21-22,34H/b31-28+,32-29+. The first-order valence-electron chi connectivity index (χ1n) is 11.3. The van der Waals surface area contributed by atoms with Crippen LogP contribution in [-0.4, -0.2) is 11.2 Å². The van der Waals surface area contributed by atoms with Crippen LogP contribution in [0.15, 0.2) is 126 Å². The number of benzene rings is 3. The molecule has 3 nitrogen and oxygen atoms in total. The van der Waals surface area contributed by atoms with E-state index in [1.54, 1.807) is 6.21 Å². The lowest BCUT2D eigenvalue weighted by Crippen LogP contribution is -1.94. The zero-order chi connectivity index (χ0) is 23.9. The summed E-state index contributed by atoms with van der Waals surface area (Å²) in [5.41, 5.74) is 7.91. The fourth-order valence-electron chi connectivity index (χ4n) is 3.99. The first-order valence-corrected chi connectivity index (χ1v) is 11.3. The maximum Gasteiger partial charge on any atom is 0.100 e. The Hall–Kier alpha value is -5.12. The number of rotatable bonds is 4. The smallest absolute Gasteiger partial charge is 0.100 e. The largest absolute Gasteiger partial charge is 0.361 e. The van der Waals surface area contributed by atoms with E-state index in [9.17, 15) is 5.26 Å². The van der Waals surface area contributed by atoms with Crippen molar-refractivity contribution in [3.8, 4) is 17.9 Å². The summed E-state index contributed by atoms with van der Waals surface area (Å²) in [4.78, 5) is 7.64. The lowest BCUT2D eigenvalue weighted by Gasteiger charge is -2.12. The number of allylic oxidation sites excluding steroid dienone is 4. The number of aromatic amines is 1. The summed E-state index contributed by atoms with van der Waals surface area (Å²) in [6.07, 6.45) is 7.51. The van der Waals surface area contributed by atoms with Crippen LogP contribution in [0.3, 0.4) is 0 Å². The Labute approximate surface area is 205 Å². The summed E-state index contributed by atoms with van der Waals surface area (Å²) in [6.45, 7) is 0. The van der Waals surface area contributed by atoms with Crippen molar-refractivity contribution in [1.82, 2.24) is 4.98 Å². The molecule has 1 aliphatic heterocycles. The van der Waals surface area contributed by atoms with Crippen LogP contribution in [0, 0.1) is 23.2 Å². The lowest BCUT2D eigenvalue weighted by molar-refractivity contribution is 1.34. The topological polar surface area (TPSA) is 51.9 Å². The highest BCUT2D eigenvalue weighted by Crippen LogP contribution is 2.32. The minimum atomic E-state index is 0.639. The molecule has 2 heterocycles. The molecule has 1 aromatic heterocycles. The van der Waals surface area contributed by atoms with Crippen molar-refractivity contribution in [3.05, 3.63) is 149 Å². The molecule has 0 saturated heterocycles. The van der Waals surface area contributed by atoms with E-state index in [0.29, 0.717) is 5.57 Å². The molecule has 0 fully saturated rings. The average molecular weight is 448 g/mol. The Bertz CT molecular complexity index is 1530. The second-order valence-corrected chi connectivity index (χ2v) is 7.90. The van der Waals surface area contributed by atoms with Crippen LogP contribution >= 0.6 is 0 Å². The van der Waals surface area contributed by atoms with Gasteiger partial charge < -0.3 is 4.98 Å². The third-order valence-corrected chi connectivity index (χ3v) is 5.67. The van der Waals surface area contributed by atoms with Gasteiger partial charge in [0, 0.05) is 23.5 Å². The van der Waals surface area contributed by atoms with Crippen LogP contribution in [0.25, 0.3) is 16.7 Å². The predicted octanol–water partition coefficient (Wildman–Crippen LogP) is 6.90. The summed E-state index contributed by atoms with van der Waals surface area (Å²) in [6, 6.07) is 34.3. The summed E-state index contributed by atoms with van der Waals surface area (Å²) in [5, 5.41) is 10.1. The van der Waals surface area contributed by atoms with Gasteiger partial charge in [-0.05, 0) is 53.1 Å². The van der Waals surface area contributed by atoms with E-state index in [1.165, 1.54) is 0 Å². The Kier molecular flexibility index (Phi) is 6.34. The van der Waals surface area contributed by atoms with E-state index < -0.39 is 0 Å². The number of nitriles is 1. The molecular formula is C32H21N3. The van der Waals surface area contributed by atoms with Crippen molar-refractivity contribution in [1.29, 1.82) is 5.26 Å². The van der Waals surface area contributed by atoms with E-state index in [4.69, 9.17) is 0 Å².